The third-order valence-corrected chi connectivity index (χ3v) is 2.61. The van der Waals surface area contributed by atoms with E-state index in [-0.39, 0.29) is 0 Å². The molecule has 0 aliphatic rings. The lowest BCUT2D eigenvalue weighted by molar-refractivity contribution is -0.150. The zero-order valence-corrected chi connectivity index (χ0v) is 9.45. The lowest BCUT2D eigenvalue weighted by atomic mass is 10.1. The summed E-state index contributed by atoms with van der Waals surface area (Å²) in [5.41, 5.74) is 1.03. The van der Waals surface area contributed by atoms with Crippen molar-refractivity contribution in [1.29, 1.82) is 0 Å². The number of rotatable bonds is 3. The summed E-state index contributed by atoms with van der Waals surface area (Å²) in [6.07, 6.45) is 0.598. The summed E-state index contributed by atoms with van der Waals surface area (Å²) in [6, 6.07) is 7.59. The maximum absolute atomic E-state index is 10.7. The van der Waals surface area contributed by atoms with E-state index in [4.69, 9.17) is 5.11 Å². The third-order valence-electron chi connectivity index (χ3n) is 1.83. The summed E-state index contributed by atoms with van der Waals surface area (Å²) in [7, 11) is 0. The Kier molecular flexibility index (Phi) is 4.30. The van der Waals surface area contributed by atoms with E-state index in [1.54, 1.807) is 0 Å². The normalized spacial score (nSPS) is 9.67. The van der Waals surface area contributed by atoms with Crippen molar-refractivity contribution < 1.29 is 14.7 Å². The summed E-state index contributed by atoms with van der Waals surface area (Å²) in [5, 5.41) is 10.6. The average molecular weight is 272 g/mol. The Morgan fingerprint density at radius 3 is 2.60 bits per heavy atom. The van der Waals surface area contributed by atoms with Crippen LogP contribution in [0.1, 0.15) is 5.56 Å². The van der Waals surface area contributed by atoms with Crippen molar-refractivity contribution in [2.24, 2.45) is 0 Å². The van der Waals surface area contributed by atoms with Crippen molar-refractivity contribution in [3.05, 3.63) is 34.3 Å². The molecule has 80 valence electrons. The zero-order valence-electron chi connectivity index (χ0n) is 7.87. The molecule has 0 spiro atoms. The van der Waals surface area contributed by atoms with E-state index in [1.807, 2.05) is 24.3 Å². The van der Waals surface area contributed by atoms with Gasteiger partial charge in [-0.15, -0.1) is 0 Å². The van der Waals surface area contributed by atoms with Crippen molar-refractivity contribution in [1.82, 2.24) is 5.32 Å². The minimum atomic E-state index is -1.46. The van der Waals surface area contributed by atoms with Crippen LogP contribution in [0.4, 0.5) is 0 Å². The maximum Gasteiger partial charge on any atom is 0.394 e. The van der Waals surface area contributed by atoms with Gasteiger partial charge < -0.3 is 10.4 Å². The summed E-state index contributed by atoms with van der Waals surface area (Å²) >= 11 is 3.36. The van der Waals surface area contributed by atoms with Crippen LogP contribution in [0.15, 0.2) is 28.7 Å². The number of halogens is 1. The molecule has 0 bridgehead atoms. The standard InChI is InChI=1S/C10H10BrNO3/c11-8-4-2-1-3-7(8)5-6-12-9(13)10(14)15/h1-4H,5-6H2,(H,12,13)(H,14,15). The highest BCUT2D eigenvalue weighted by atomic mass is 79.9. The van der Waals surface area contributed by atoms with Crippen LogP contribution in [0.2, 0.25) is 0 Å². The molecule has 1 aromatic carbocycles. The molecule has 0 aromatic heterocycles. The molecule has 0 saturated heterocycles. The molecule has 0 saturated carbocycles. The molecular formula is C10H10BrNO3. The molecule has 5 heteroatoms. The molecule has 1 amide bonds. The van der Waals surface area contributed by atoms with Crippen molar-refractivity contribution in [2.45, 2.75) is 6.42 Å². The highest BCUT2D eigenvalue weighted by molar-refractivity contribution is 9.10. The quantitative estimate of drug-likeness (QED) is 0.812. The van der Waals surface area contributed by atoms with Gasteiger partial charge in [0, 0.05) is 11.0 Å². The van der Waals surface area contributed by atoms with E-state index in [0.29, 0.717) is 13.0 Å². The number of aliphatic carboxylic acids is 1. The summed E-state index contributed by atoms with van der Waals surface area (Å²) in [5.74, 6) is -2.43. The molecule has 15 heavy (non-hydrogen) atoms. The van der Waals surface area contributed by atoms with Crippen molar-refractivity contribution in [3.63, 3.8) is 0 Å². The fourth-order valence-corrected chi connectivity index (χ4v) is 1.57. The SMILES string of the molecule is O=C(O)C(=O)NCCc1ccccc1Br. The number of benzene rings is 1. The van der Waals surface area contributed by atoms with Crippen LogP contribution < -0.4 is 5.32 Å². The van der Waals surface area contributed by atoms with Gasteiger partial charge in [-0.05, 0) is 18.1 Å². The first kappa shape index (κ1) is 11.7. The Hall–Kier alpha value is -1.36. The Morgan fingerprint density at radius 2 is 2.00 bits per heavy atom. The zero-order chi connectivity index (χ0) is 11.3. The number of hydrogen-bond acceptors (Lipinski definition) is 2. The molecule has 1 rings (SSSR count). The van der Waals surface area contributed by atoms with E-state index in [0.717, 1.165) is 10.0 Å². The number of amides is 1. The van der Waals surface area contributed by atoms with Crippen LogP contribution in [0, 0.1) is 0 Å². The van der Waals surface area contributed by atoms with Crippen molar-refractivity contribution in [3.8, 4) is 0 Å². The minimum absolute atomic E-state index is 0.313. The average Bonchev–Trinajstić information content (AvgIpc) is 2.20. The predicted molar refractivity (Wildman–Crippen MR) is 58.5 cm³/mol. The molecule has 1 aromatic rings. The van der Waals surface area contributed by atoms with Gasteiger partial charge in [-0.25, -0.2) is 4.79 Å². The lowest BCUT2D eigenvalue weighted by Crippen LogP contribution is -2.32. The molecular weight excluding hydrogens is 262 g/mol. The topological polar surface area (TPSA) is 66.4 Å². The second kappa shape index (κ2) is 5.50. The van der Waals surface area contributed by atoms with Crippen molar-refractivity contribution in [2.75, 3.05) is 6.54 Å². The second-order valence-corrected chi connectivity index (χ2v) is 3.76. The van der Waals surface area contributed by atoms with E-state index in [1.165, 1.54) is 0 Å². The fourth-order valence-electron chi connectivity index (χ4n) is 1.09. The van der Waals surface area contributed by atoms with E-state index in [9.17, 15) is 9.59 Å². The fraction of sp³-hybridized carbons (Fsp3) is 0.200. The van der Waals surface area contributed by atoms with Crippen LogP contribution in [-0.2, 0) is 16.0 Å². The number of hydrogen-bond donors (Lipinski definition) is 2. The molecule has 0 aliphatic carbocycles. The molecule has 2 N–H and O–H groups in total. The smallest absolute Gasteiger partial charge is 0.394 e. The first-order valence-corrected chi connectivity index (χ1v) is 5.15. The molecule has 0 heterocycles. The first-order chi connectivity index (χ1) is 7.11. The summed E-state index contributed by atoms with van der Waals surface area (Å²) in [6.45, 7) is 0.313. The van der Waals surface area contributed by atoms with E-state index < -0.39 is 11.9 Å². The molecule has 0 fully saturated rings. The lowest BCUT2D eigenvalue weighted by Gasteiger charge is -2.04. The van der Waals surface area contributed by atoms with Gasteiger partial charge in [-0.2, -0.15) is 0 Å². The number of carbonyl (C=O) groups is 2. The van der Waals surface area contributed by atoms with Gasteiger partial charge in [-0.3, -0.25) is 4.79 Å². The maximum atomic E-state index is 10.7. The molecule has 0 unspecified atom stereocenters. The molecule has 0 radical (unpaired) electrons. The van der Waals surface area contributed by atoms with Gasteiger partial charge >= 0.3 is 11.9 Å². The van der Waals surface area contributed by atoms with Gasteiger partial charge in [-0.1, -0.05) is 34.1 Å². The van der Waals surface area contributed by atoms with Crippen LogP contribution in [-0.4, -0.2) is 23.5 Å². The van der Waals surface area contributed by atoms with Gasteiger partial charge in [0.1, 0.15) is 0 Å². The minimum Gasteiger partial charge on any atom is -0.474 e. The van der Waals surface area contributed by atoms with Gasteiger partial charge in [0.05, 0.1) is 0 Å². The Bertz CT molecular complexity index is 379. The summed E-state index contributed by atoms with van der Waals surface area (Å²) < 4.78 is 0.953. The van der Waals surface area contributed by atoms with Crippen molar-refractivity contribution >= 4 is 27.8 Å². The largest absolute Gasteiger partial charge is 0.474 e. The van der Waals surface area contributed by atoms with Crippen LogP contribution >= 0.6 is 15.9 Å². The number of carboxylic acid groups (broad SMARTS) is 1. The Labute approximate surface area is 95.4 Å². The molecule has 4 nitrogen and oxygen atoms in total. The highest BCUT2D eigenvalue weighted by Crippen LogP contribution is 2.15. The number of carboxylic acids is 1. The van der Waals surface area contributed by atoms with E-state index >= 15 is 0 Å². The molecule has 0 aliphatic heterocycles. The van der Waals surface area contributed by atoms with Gasteiger partial charge in [0.25, 0.3) is 0 Å². The summed E-state index contributed by atoms with van der Waals surface area (Å²) in [4.78, 5) is 20.9. The van der Waals surface area contributed by atoms with Gasteiger partial charge in [0.15, 0.2) is 0 Å². The Balaban J connectivity index is 2.42. The van der Waals surface area contributed by atoms with Crippen LogP contribution in [0.25, 0.3) is 0 Å². The highest BCUT2D eigenvalue weighted by Gasteiger charge is 2.09. The van der Waals surface area contributed by atoms with E-state index in [2.05, 4.69) is 21.2 Å². The third kappa shape index (κ3) is 3.71. The molecule has 0 atom stereocenters. The Morgan fingerprint density at radius 1 is 1.33 bits per heavy atom. The number of carbonyl (C=O) groups excluding carboxylic acids is 1. The second-order valence-electron chi connectivity index (χ2n) is 2.90. The first-order valence-electron chi connectivity index (χ1n) is 4.36. The van der Waals surface area contributed by atoms with Gasteiger partial charge in [0.2, 0.25) is 0 Å². The number of nitrogens with one attached hydrogen (secondary N) is 1. The van der Waals surface area contributed by atoms with Crippen LogP contribution in [0.3, 0.4) is 0 Å². The monoisotopic (exact) mass is 271 g/mol. The predicted octanol–water partition coefficient (Wildman–Crippen LogP) is 1.19. The van der Waals surface area contributed by atoms with Crippen LogP contribution in [0.5, 0.6) is 0 Å².